The normalized spacial score (nSPS) is 5.33. The minimum absolute atomic E-state index is 0. The largest absolute Gasteiger partial charge is 2.00 e. The van der Waals surface area contributed by atoms with Gasteiger partial charge in [0, 0.05) is 0 Å². The van der Waals surface area contributed by atoms with Gasteiger partial charge in [-0.15, -0.1) is 0 Å². The van der Waals surface area contributed by atoms with Crippen LogP contribution in [0.1, 0.15) is 0 Å². The Bertz CT molecular complexity index is 16.9. The second kappa shape index (κ2) is 49.5. The van der Waals surface area contributed by atoms with Crippen LogP contribution in [0.5, 0.6) is 0 Å². The molecule has 0 saturated carbocycles. The van der Waals surface area contributed by atoms with E-state index >= 15 is 0 Å². The van der Waals surface area contributed by atoms with E-state index in [1.165, 1.54) is 0 Å². The van der Waals surface area contributed by atoms with Crippen molar-refractivity contribution >= 4 is 17.2 Å². The maximum atomic E-state index is 3.51. The molecule has 0 fully saturated rings. The van der Waals surface area contributed by atoms with Crippen molar-refractivity contribution in [3.05, 3.63) is 27.4 Å². The first-order valence-corrected chi connectivity index (χ1v) is 4.68. The van der Waals surface area contributed by atoms with E-state index in [1.54, 1.807) is 0 Å². The number of hydrogen-bond acceptors (Lipinski definition) is 0. The van der Waals surface area contributed by atoms with Crippen LogP contribution in [0.15, 0.2) is 0 Å². The van der Waals surface area contributed by atoms with Crippen molar-refractivity contribution in [2.45, 2.75) is 0 Å². The molecular formula is C5H14P2VW. The second-order valence-corrected chi connectivity index (χ2v) is 1.81. The van der Waals surface area contributed by atoms with Crippen LogP contribution in [0, 0.1) is 27.4 Å². The van der Waals surface area contributed by atoms with E-state index in [0.29, 0.717) is 8.58 Å². The van der Waals surface area contributed by atoms with Crippen LogP contribution in [0.3, 0.4) is 0 Å². The summed E-state index contributed by atoms with van der Waals surface area (Å²) < 4.78 is 0. The molecule has 4 heteroatoms. The second-order valence-electron chi connectivity index (χ2n) is 0.604. The first-order valence-electron chi connectivity index (χ1n) is 1.56. The van der Waals surface area contributed by atoms with Crippen LogP contribution >= 0.6 is 17.2 Å². The Morgan fingerprint density at radius 2 is 1.11 bits per heavy atom. The zero-order valence-corrected chi connectivity index (χ0v) is 12.3. The molecule has 0 aromatic carbocycles. The van der Waals surface area contributed by atoms with E-state index in [0.717, 1.165) is 8.58 Å². The smallest absolute Gasteiger partial charge is 0.454 e. The molecule has 1 atom stereocenters. The van der Waals surface area contributed by atoms with E-state index in [2.05, 4.69) is 20.0 Å². The first-order chi connectivity index (χ1) is 2.83. The number of rotatable bonds is 0. The summed E-state index contributed by atoms with van der Waals surface area (Å²) in [6.45, 7) is 12.4. The monoisotopic (exact) mass is 371 g/mol. The van der Waals surface area contributed by atoms with Crippen molar-refractivity contribution in [2.24, 2.45) is 0 Å². The maximum Gasteiger partial charge on any atom is 2.00 e. The van der Waals surface area contributed by atoms with Gasteiger partial charge < -0.3 is 36.0 Å². The van der Waals surface area contributed by atoms with Crippen LogP contribution in [0.4, 0.5) is 0 Å². The zero-order valence-electron chi connectivity index (χ0n) is 5.98. The topological polar surface area (TPSA) is 0 Å². The molecular weight excluding hydrogens is 357 g/mol. The van der Waals surface area contributed by atoms with Crippen LogP contribution in [-0.2, 0) is 39.6 Å². The standard InChI is InChI=1S/C2H6P.C2H5P.CH3.V.W/c2*1-3-2;;;/h3H,1H2,2H3;3H,1-2H2;1H3;;/q-1;-2;-1;2*+2. The van der Waals surface area contributed by atoms with Gasteiger partial charge in [0.1, 0.15) is 0 Å². The van der Waals surface area contributed by atoms with E-state index in [-0.39, 0.29) is 47.0 Å². The molecule has 0 aliphatic carbocycles. The molecule has 0 nitrogen and oxygen atoms in total. The summed E-state index contributed by atoms with van der Waals surface area (Å²) >= 11 is 0. The third-order valence-electron chi connectivity index (χ3n) is 0. The molecule has 9 heavy (non-hydrogen) atoms. The summed E-state index contributed by atoms with van der Waals surface area (Å²) in [5.74, 6) is 0. The quantitative estimate of drug-likeness (QED) is 0.454. The van der Waals surface area contributed by atoms with Gasteiger partial charge in [-0.3, -0.25) is 8.58 Å². The molecule has 0 aromatic heterocycles. The minimum Gasteiger partial charge on any atom is -0.454 e. The van der Waals surface area contributed by atoms with Gasteiger partial charge in [0.15, 0.2) is 0 Å². The van der Waals surface area contributed by atoms with E-state index < -0.39 is 0 Å². The molecule has 0 bridgehead atoms. The van der Waals surface area contributed by atoms with Crippen LogP contribution in [0.2, 0.25) is 0 Å². The van der Waals surface area contributed by atoms with Crippen molar-refractivity contribution < 1.29 is 39.6 Å². The molecule has 1 unspecified atom stereocenters. The van der Waals surface area contributed by atoms with Gasteiger partial charge in [0.2, 0.25) is 0 Å². The molecule has 0 amide bonds. The predicted molar refractivity (Wildman–Crippen MR) is 45.0 cm³/mol. The Morgan fingerprint density at radius 3 is 1.11 bits per heavy atom. The van der Waals surface area contributed by atoms with Crippen LogP contribution in [0.25, 0.3) is 0 Å². The Morgan fingerprint density at radius 1 is 1.11 bits per heavy atom. The summed E-state index contributed by atoms with van der Waals surface area (Å²) in [5, 5.41) is 0. The molecule has 0 rings (SSSR count). The minimum atomic E-state index is 0. The fraction of sp³-hybridized carbons (Fsp3) is 0.200. The van der Waals surface area contributed by atoms with Gasteiger partial charge in [-0.2, -0.15) is 0 Å². The van der Waals surface area contributed by atoms with Crippen molar-refractivity contribution in [2.75, 3.05) is 6.66 Å². The molecule has 55 valence electrons. The fourth-order valence-electron chi connectivity index (χ4n) is 0. The van der Waals surface area contributed by atoms with Crippen molar-refractivity contribution in [3.63, 3.8) is 0 Å². The average molecular weight is 371 g/mol. The third kappa shape index (κ3) is 147. The first kappa shape index (κ1) is 30.4. The van der Waals surface area contributed by atoms with Gasteiger partial charge >= 0.3 is 39.6 Å². The van der Waals surface area contributed by atoms with E-state index in [4.69, 9.17) is 0 Å². The molecule has 0 saturated heterocycles. The van der Waals surface area contributed by atoms with Gasteiger partial charge in [0.25, 0.3) is 0 Å². The van der Waals surface area contributed by atoms with Crippen LogP contribution < -0.4 is 0 Å². The van der Waals surface area contributed by atoms with E-state index in [9.17, 15) is 0 Å². The van der Waals surface area contributed by atoms with Crippen LogP contribution in [-0.4, -0.2) is 6.66 Å². The molecule has 1 radical (unpaired) electrons. The fourth-order valence-corrected chi connectivity index (χ4v) is 0. The molecule has 0 N–H and O–H groups in total. The number of hydrogen-bond donors (Lipinski definition) is 0. The molecule has 0 aliphatic rings. The molecule has 0 aromatic rings. The van der Waals surface area contributed by atoms with Crippen molar-refractivity contribution in [3.8, 4) is 0 Å². The Hall–Kier alpha value is 2.13. The predicted octanol–water partition coefficient (Wildman–Crippen LogP) is 2.78. The Kier molecular flexibility index (Phi) is 167. The zero-order chi connectivity index (χ0) is 5.41. The van der Waals surface area contributed by atoms with Gasteiger partial charge in [-0.25, -0.2) is 0 Å². The molecule has 0 aliphatic heterocycles. The maximum absolute atomic E-state index is 3.51. The summed E-state index contributed by atoms with van der Waals surface area (Å²) in [4.78, 5) is 0. The van der Waals surface area contributed by atoms with Gasteiger partial charge in [-0.05, 0) is 0 Å². The van der Waals surface area contributed by atoms with Crippen molar-refractivity contribution in [1.29, 1.82) is 0 Å². The third-order valence-corrected chi connectivity index (χ3v) is 0. The summed E-state index contributed by atoms with van der Waals surface area (Å²) in [7, 11) is 1.42. The summed E-state index contributed by atoms with van der Waals surface area (Å²) in [5.41, 5.74) is 0. The SMILES string of the molecule is [CH2-]PC.[CH2-]P[CH2-].[CH3-].[V+2].[W+2]. The average Bonchev–Trinajstić information content (AvgIpc) is 1.39. The van der Waals surface area contributed by atoms with Crippen molar-refractivity contribution in [1.82, 2.24) is 0 Å². The molecule has 0 spiro atoms. The summed E-state index contributed by atoms with van der Waals surface area (Å²) in [6.07, 6.45) is 0. The van der Waals surface area contributed by atoms with Gasteiger partial charge in [-0.1, -0.05) is 6.66 Å². The Balaban J connectivity index is -0.00000000889. The summed E-state index contributed by atoms with van der Waals surface area (Å²) in [6, 6.07) is 0. The Labute approximate surface area is 90.4 Å². The molecule has 0 heterocycles. The van der Waals surface area contributed by atoms with E-state index in [1.807, 2.05) is 6.66 Å². The van der Waals surface area contributed by atoms with Gasteiger partial charge in [0.05, 0.1) is 0 Å².